The Morgan fingerprint density at radius 2 is 2.13 bits per heavy atom. The first-order valence-corrected chi connectivity index (χ1v) is 8.19. The number of carbonyl (C=O) groups is 1. The lowest BCUT2D eigenvalue weighted by Crippen LogP contribution is -2.05. The van der Waals surface area contributed by atoms with Crippen LogP contribution in [0.1, 0.15) is 23.1 Å². The average Bonchev–Trinajstić information content (AvgIpc) is 3.18. The summed E-state index contributed by atoms with van der Waals surface area (Å²) in [6.45, 7) is 2.49. The van der Waals surface area contributed by atoms with E-state index in [1.807, 2.05) is 29.6 Å². The molecule has 0 spiro atoms. The number of hydrogen-bond acceptors (Lipinski definition) is 6. The number of thiazole rings is 1. The quantitative estimate of drug-likeness (QED) is 0.662. The summed E-state index contributed by atoms with van der Waals surface area (Å²) < 4.78 is 6.45. The second-order valence-electron chi connectivity index (χ2n) is 4.67. The predicted molar refractivity (Wildman–Crippen MR) is 87.6 cm³/mol. The van der Waals surface area contributed by atoms with Crippen LogP contribution in [0, 0.1) is 0 Å². The van der Waals surface area contributed by atoms with Crippen LogP contribution in [0.3, 0.4) is 0 Å². The number of benzene rings is 1. The first kappa shape index (κ1) is 15.6. The largest absolute Gasteiger partial charge is 0.461 e. The number of hydrogen-bond donors (Lipinski definition) is 0. The van der Waals surface area contributed by atoms with E-state index in [0.717, 1.165) is 16.3 Å². The van der Waals surface area contributed by atoms with Gasteiger partial charge in [-0.3, -0.25) is 0 Å². The molecule has 3 rings (SSSR count). The van der Waals surface area contributed by atoms with Gasteiger partial charge in [-0.05, 0) is 19.1 Å². The molecule has 0 amide bonds. The summed E-state index contributed by atoms with van der Waals surface area (Å²) in [6.07, 6.45) is 1.55. The van der Waals surface area contributed by atoms with E-state index in [0.29, 0.717) is 18.2 Å². The van der Waals surface area contributed by atoms with Crippen LogP contribution in [0.4, 0.5) is 0 Å². The number of aromatic nitrogens is 4. The summed E-state index contributed by atoms with van der Waals surface area (Å²) in [5.74, 6) is -0.473. The molecule has 3 aromatic rings. The Kier molecular flexibility index (Phi) is 4.68. The van der Waals surface area contributed by atoms with E-state index in [1.54, 1.807) is 29.1 Å². The number of carbonyl (C=O) groups excluding carboxylic acids is 1. The maximum Gasteiger partial charge on any atom is 0.360 e. The third-order valence-electron chi connectivity index (χ3n) is 2.99. The molecule has 0 aliphatic rings. The van der Waals surface area contributed by atoms with Crippen LogP contribution in [-0.2, 0) is 11.3 Å². The fourth-order valence-corrected chi connectivity index (χ4v) is 2.89. The monoisotopic (exact) mass is 348 g/mol. The topological polar surface area (TPSA) is 69.9 Å². The second-order valence-corrected chi connectivity index (χ2v) is 5.97. The molecule has 0 saturated heterocycles. The Morgan fingerprint density at radius 1 is 1.35 bits per heavy atom. The normalized spacial score (nSPS) is 10.7. The van der Waals surface area contributed by atoms with Gasteiger partial charge in [-0.2, -0.15) is 0 Å². The Morgan fingerprint density at radius 3 is 2.87 bits per heavy atom. The second kappa shape index (κ2) is 6.89. The molecule has 0 bridgehead atoms. The molecule has 0 radical (unpaired) electrons. The van der Waals surface area contributed by atoms with Gasteiger partial charge in [0, 0.05) is 16.0 Å². The Bertz CT molecular complexity index is 813. The van der Waals surface area contributed by atoms with Crippen LogP contribution in [-0.4, -0.2) is 32.6 Å². The first-order chi connectivity index (χ1) is 11.2. The fraction of sp³-hybridized carbons (Fsp3) is 0.200. The molecule has 2 heterocycles. The number of nitrogens with zero attached hydrogens (tertiary/aromatic N) is 4. The van der Waals surface area contributed by atoms with Gasteiger partial charge in [0.25, 0.3) is 0 Å². The maximum atomic E-state index is 11.6. The number of esters is 1. The Hall–Kier alpha value is -2.25. The van der Waals surface area contributed by atoms with Crippen molar-refractivity contribution in [3.8, 4) is 10.6 Å². The van der Waals surface area contributed by atoms with Crippen molar-refractivity contribution in [1.29, 1.82) is 0 Å². The molecular formula is C15H13ClN4O2S. The van der Waals surface area contributed by atoms with Crippen molar-refractivity contribution in [2.45, 2.75) is 13.5 Å². The highest BCUT2D eigenvalue weighted by molar-refractivity contribution is 7.13. The van der Waals surface area contributed by atoms with Gasteiger partial charge in [0.15, 0.2) is 5.69 Å². The zero-order valence-corrected chi connectivity index (χ0v) is 13.8. The van der Waals surface area contributed by atoms with Crippen molar-refractivity contribution >= 4 is 28.9 Å². The lowest BCUT2D eigenvalue weighted by Gasteiger charge is -1.97. The number of rotatable bonds is 5. The number of ether oxygens (including phenoxy) is 1. The number of halogens is 1. The van der Waals surface area contributed by atoms with Crippen molar-refractivity contribution in [1.82, 2.24) is 20.0 Å². The van der Waals surface area contributed by atoms with Crippen LogP contribution in [0.2, 0.25) is 5.02 Å². The van der Waals surface area contributed by atoms with E-state index in [2.05, 4.69) is 15.3 Å². The molecule has 0 atom stereocenters. The minimum absolute atomic E-state index is 0.194. The summed E-state index contributed by atoms with van der Waals surface area (Å²) in [5, 5.41) is 11.3. The lowest BCUT2D eigenvalue weighted by atomic mass is 10.2. The third kappa shape index (κ3) is 3.75. The summed E-state index contributed by atoms with van der Waals surface area (Å²) in [6, 6.07) is 7.53. The third-order valence-corrected chi connectivity index (χ3v) is 4.18. The first-order valence-electron chi connectivity index (χ1n) is 6.93. The highest BCUT2D eigenvalue weighted by Crippen LogP contribution is 2.25. The van der Waals surface area contributed by atoms with Crippen molar-refractivity contribution < 1.29 is 9.53 Å². The average molecular weight is 349 g/mol. The van der Waals surface area contributed by atoms with Gasteiger partial charge < -0.3 is 4.74 Å². The van der Waals surface area contributed by atoms with E-state index in [4.69, 9.17) is 16.3 Å². The summed E-state index contributed by atoms with van der Waals surface area (Å²) >= 11 is 7.43. The van der Waals surface area contributed by atoms with Gasteiger partial charge in [0.1, 0.15) is 5.01 Å². The molecule has 2 aromatic heterocycles. The van der Waals surface area contributed by atoms with Crippen molar-refractivity contribution in [3.05, 3.63) is 52.3 Å². The van der Waals surface area contributed by atoms with Crippen LogP contribution < -0.4 is 0 Å². The van der Waals surface area contributed by atoms with Gasteiger partial charge in [-0.1, -0.05) is 28.9 Å². The lowest BCUT2D eigenvalue weighted by molar-refractivity contribution is 0.0519. The smallest absolute Gasteiger partial charge is 0.360 e. The summed E-state index contributed by atoms with van der Waals surface area (Å²) in [4.78, 5) is 16.1. The van der Waals surface area contributed by atoms with Gasteiger partial charge >= 0.3 is 5.97 Å². The van der Waals surface area contributed by atoms with Gasteiger partial charge in [-0.15, -0.1) is 16.4 Å². The molecule has 0 saturated carbocycles. The van der Waals surface area contributed by atoms with Crippen LogP contribution in [0.5, 0.6) is 0 Å². The van der Waals surface area contributed by atoms with Crippen molar-refractivity contribution in [3.63, 3.8) is 0 Å². The van der Waals surface area contributed by atoms with E-state index in [9.17, 15) is 4.79 Å². The SMILES string of the molecule is CCOC(=O)c1cn(Cc2csc(-c3ccc(Cl)cc3)n2)nn1. The molecule has 118 valence electrons. The molecule has 0 N–H and O–H groups in total. The van der Waals surface area contributed by atoms with Crippen molar-refractivity contribution in [2.75, 3.05) is 6.61 Å². The van der Waals surface area contributed by atoms with Crippen molar-refractivity contribution in [2.24, 2.45) is 0 Å². The Balaban J connectivity index is 1.72. The summed E-state index contributed by atoms with van der Waals surface area (Å²) in [7, 11) is 0. The molecule has 1 aromatic carbocycles. The molecule has 23 heavy (non-hydrogen) atoms. The molecule has 0 unspecified atom stereocenters. The highest BCUT2D eigenvalue weighted by atomic mass is 35.5. The van der Waals surface area contributed by atoms with Gasteiger partial charge in [0.05, 0.1) is 25.0 Å². The molecular weight excluding hydrogens is 336 g/mol. The van der Waals surface area contributed by atoms with Crippen LogP contribution in [0.15, 0.2) is 35.8 Å². The van der Waals surface area contributed by atoms with Gasteiger partial charge in [-0.25, -0.2) is 14.5 Å². The molecule has 8 heteroatoms. The predicted octanol–water partition coefficient (Wildman–Crippen LogP) is 3.28. The molecule has 0 aliphatic heterocycles. The standard InChI is InChI=1S/C15H13ClN4O2S/c1-2-22-15(21)13-8-20(19-18-13)7-12-9-23-14(17-12)10-3-5-11(16)6-4-10/h3-6,8-9H,2,7H2,1H3. The Labute approximate surface area is 141 Å². The van der Waals surface area contributed by atoms with E-state index in [1.165, 1.54) is 0 Å². The molecule has 0 fully saturated rings. The minimum Gasteiger partial charge on any atom is -0.461 e. The molecule has 6 nitrogen and oxygen atoms in total. The van der Waals surface area contributed by atoms with E-state index in [-0.39, 0.29) is 5.69 Å². The van der Waals surface area contributed by atoms with E-state index < -0.39 is 5.97 Å². The van der Waals surface area contributed by atoms with Crippen LogP contribution in [0.25, 0.3) is 10.6 Å². The summed E-state index contributed by atoms with van der Waals surface area (Å²) in [5.41, 5.74) is 2.05. The van der Waals surface area contributed by atoms with E-state index >= 15 is 0 Å². The minimum atomic E-state index is -0.473. The highest BCUT2D eigenvalue weighted by Gasteiger charge is 2.12. The van der Waals surface area contributed by atoms with Crippen LogP contribution >= 0.6 is 22.9 Å². The molecule has 0 aliphatic carbocycles. The maximum absolute atomic E-state index is 11.6. The zero-order valence-electron chi connectivity index (χ0n) is 12.3. The fourth-order valence-electron chi connectivity index (χ4n) is 1.94. The zero-order chi connectivity index (χ0) is 16.2. The van der Waals surface area contributed by atoms with Gasteiger partial charge in [0.2, 0.25) is 0 Å².